The van der Waals surface area contributed by atoms with Crippen molar-refractivity contribution in [1.82, 2.24) is 14.8 Å². The van der Waals surface area contributed by atoms with Crippen LogP contribution in [0.2, 0.25) is 0 Å². The summed E-state index contributed by atoms with van der Waals surface area (Å²) in [5.74, 6) is -0.348. The van der Waals surface area contributed by atoms with Crippen LogP contribution in [0.4, 0.5) is 5.69 Å². The van der Waals surface area contributed by atoms with Gasteiger partial charge in [-0.1, -0.05) is 31.0 Å². The van der Waals surface area contributed by atoms with Crippen molar-refractivity contribution in [1.29, 1.82) is 0 Å². The van der Waals surface area contributed by atoms with E-state index in [2.05, 4.69) is 21.3 Å². The lowest BCUT2D eigenvalue weighted by molar-refractivity contribution is -0.128. The smallest absolute Gasteiger partial charge is 0.229 e. The number of nitrogens with zero attached hydrogens (tertiary/aromatic N) is 3. The Labute approximate surface area is 178 Å². The molecule has 2 saturated heterocycles. The number of para-hydroxylation sites is 1. The molecular formula is C24H30N4O2. The van der Waals surface area contributed by atoms with Crippen molar-refractivity contribution < 1.29 is 9.59 Å². The van der Waals surface area contributed by atoms with Gasteiger partial charge in [0.05, 0.1) is 5.92 Å². The summed E-state index contributed by atoms with van der Waals surface area (Å²) in [4.78, 5) is 33.6. The second-order valence-electron chi connectivity index (χ2n) is 8.37. The van der Waals surface area contributed by atoms with Crippen LogP contribution in [0.15, 0.2) is 48.8 Å². The fraction of sp³-hybridized carbons (Fsp3) is 0.458. The van der Waals surface area contributed by atoms with Crippen molar-refractivity contribution in [2.45, 2.75) is 45.2 Å². The second kappa shape index (κ2) is 9.85. The van der Waals surface area contributed by atoms with E-state index in [-0.39, 0.29) is 24.2 Å². The quantitative estimate of drug-likeness (QED) is 0.798. The minimum atomic E-state index is -0.314. The second-order valence-corrected chi connectivity index (χ2v) is 8.37. The first-order valence-electron chi connectivity index (χ1n) is 11.0. The van der Waals surface area contributed by atoms with E-state index in [9.17, 15) is 9.59 Å². The lowest BCUT2D eigenvalue weighted by Gasteiger charge is -2.22. The Morgan fingerprint density at radius 1 is 1.00 bits per heavy atom. The fourth-order valence-corrected chi connectivity index (χ4v) is 4.36. The van der Waals surface area contributed by atoms with E-state index in [1.54, 1.807) is 17.3 Å². The average Bonchev–Trinajstić information content (AvgIpc) is 2.95. The molecule has 2 aliphatic heterocycles. The summed E-state index contributed by atoms with van der Waals surface area (Å²) in [6, 6.07) is 11.8. The minimum absolute atomic E-state index is 0.0322. The number of hydrogen-bond donors (Lipinski definition) is 1. The predicted octanol–water partition coefficient (Wildman–Crippen LogP) is 3.44. The van der Waals surface area contributed by atoms with Gasteiger partial charge in [-0.3, -0.25) is 19.5 Å². The van der Waals surface area contributed by atoms with Crippen molar-refractivity contribution >= 4 is 17.5 Å². The van der Waals surface area contributed by atoms with Crippen molar-refractivity contribution in [3.8, 4) is 0 Å². The maximum Gasteiger partial charge on any atom is 0.229 e. The van der Waals surface area contributed by atoms with Crippen LogP contribution >= 0.6 is 0 Å². The van der Waals surface area contributed by atoms with E-state index in [4.69, 9.17) is 0 Å². The van der Waals surface area contributed by atoms with Crippen LogP contribution in [-0.4, -0.2) is 46.2 Å². The highest BCUT2D eigenvalue weighted by Gasteiger charge is 2.34. The van der Waals surface area contributed by atoms with Crippen molar-refractivity contribution in [3.05, 3.63) is 59.9 Å². The summed E-state index contributed by atoms with van der Waals surface area (Å²) in [6.07, 6.45) is 8.81. The van der Waals surface area contributed by atoms with Crippen LogP contribution in [0.1, 0.15) is 43.2 Å². The van der Waals surface area contributed by atoms with E-state index in [1.165, 1.54) is 25.7 Å². The van der Waals surface area contributed by atoms with Crippen LogP contribution in [0.3, 0.4) is 0 Å². The van der Waals surface area contributed by atoms with Gasteiger partial charge < -0.3 is 10.2 Å². The number of carbonyl (C=O) groups excluding carboxylic acids is 2. The standard InChI is InChI=1S/C24H30N4O2/c29-23-15-21(18-28(23)16-19-9-11-25-12-10-19)24(30)26-22-8-4-3-7-20(22)17-27-13-5-1-2-6-14-27/h3-4,7-12,21H,1-2,5-6,13-18H2,(H,26,30). The Kier molecular flexibility index (Phi) is 6.74. The molecule has 1 N–H and O–H groups in total. The van der Waals surface area contributed by atoms with Gasteiger partial charge in [0.1, 0.15) is 0 Å². The van der Waals surface area contributed by atoms with Crippen LogP contribution in [0.25, 0.3) is 0 Å². The largest absolute Gasteiger partial charge is 0.338 e. The van der Waals surface area contributed by atoms with Gasteiger partial charge in [-0.05, 0) is 55.3 Å². The molecule has 3 heterocycles. The number of pyridine rings is 1. The van der Waals surface area contributed by atoms with E-state index in [0.29, 0.717) is 13.1 Å². The van der Waals surface area contributed by atoms with Crippen molar-refractivity contribution in [2.75, 3.05) is 25.0 Å². The monoisotopic (exact) mass is 406 g/mol. The summed E-state index contributed by atoms with van der Waals surface area (Å²) >= 11 is 0. The van der Waals surface area contributed by atoms with E-state index in [0.717, 1.165) is 36.4 Å². The van der Waals surface area contributed by atoms with Crippen molar-refractivity contribution in [2.24, 2.45) is 5.92 Å². The molecule has 1 atom stereocenters. The first kappa shape index (κ1) is 20.5. The van der Waals surface area contributed by atoms with E-state index < -0.39 is 0 Å². The van der Waals surface area contributed by atoms with Gasteiger partial charge in [0.25, 0.3) is 0 Å². The maximum absolute atomic E-state index is 12.9. The van der Waals surface area contributed by atoms with Crippen LogP contribution in [-0.2, 0) is 22.7 Å². The molecule has 6 nitrogen and oxygen atoms in total. The normalized spacial score (nSPS) is 20.2. The Morgan fingerprint density at radius 3 is 2.50 bits per heavy atom. The number of carbonyl (C=O) groups is 2. The molecule has 6 heteroatoms. The molecule has 0 radical (unpaired) electrons. The summed E-state index contributed by atoms with van der Waals surface area (Å²) in [6.45, 7) is 4.07. The van der Waals surface area contributed by atoms with Gasteiger partial charge in [0.15, 0.2) is 0 Å². The zero-order valence-electron chi connectivity index (χ0n) is 17.4. The van der Waals surface area contributed by atoms with Gasteiger partial charge in [-0.25, -0.2) is 0 Å². The van der Waals surface area contributed by atoms with Gasteiger partial charge in [0.2, 0.25) is 11.8 Å². The first-order chi connectivity index (χ1) is 14.7. The highest BCUT2D eigenvalue weighted by molar-refractivity contribution is 5.97. The number of amides is 2. The van der Waals surface area contributed by atoms with Gasteiger partial charge in [0, 0.05) is 44.1 Å². The predicted molar refractivity (Wildman–Crippen MR) is 117 cm³/mol. The third-order valence-corrected chi connectivity index (χ3v) is 6.08. The molecule has 1 aromatic heterocycles. The molecule has 0 aliphatic carbocycles. The third-order valence-electron chi connectivity index (χ3n) is 6.08. The van der Waals surface area contributed by atoms with Crippen LogP contribution in [0, 0.1) is 5.92 Å². The Hall–Kier alpha value is -2.73. The first-order valence-corrected chi connectivity index (χ1v) is 11.0. The summed E-state index contributed by atoms with van der Waals surface area (Å²) in [7, 11) is 0. The lowest BCUT2D eigenvalue weighted by atomic mass is 10.1. The average molecular weight is 407 g/mol. The van der Waals surface area contributed by atoms with Gasteiger partial charge in [-0.2, -0.15) is 0 Å². The maximum atomic E-state index is 12.9. The SMILES string of the molecule is O=C(Nc1ccccc1CN1CCCCCC1)C1CC(=O)N(Cc2ccncc2)C1. The number of likely N-dealkylation sites (tertiary alicyclic amines) is 2. The molecule has 0 saturated carbocycles. The Balaban J connectivity index is 1.37. The highest BCUT2D eigenvalue weighted by atomic mass is 16.2. The molecule has 1 unspecified atom stereocenters. The number of hydrogen-bond acceptors (Lipinski definition) is 4. The van der Waals surface area contributed by atoms with Crippen LogP contribution in [0.5, 0.6) is 0 Å². The molecule has 2 amide bonds. The summed E-state index contributed by atoms with van der Waals surface area (Å²) < 4.78 is 0. The van der Waals surface area contributed by atoms with Gasteiger partial charge >= 0.3 is 0 Å². The molecule has 1 aromatic carbocycles. The number of rotatable bonds is 6. The molecule has 2 aliphatic rings. The number of nitrogens with one attached hydrogen (secondary N) is 1. The summed E-state index contributed by atoms with van der Waals surface area (Å²) in [5.41, 5.74) is 3.04. The van der Waals surface area contributed by atoms with Crippen LogP contribution < -0.4 is 5.32 Å². The Bertz CT molecular complexity index is 863. The minimum Gasteiger partial charge on any atom is -0.338 e. The molecule has 0 spiro atoms. The Morgan fingerprint density at radius 2 is 1.73 bits per heavy atom. The molecule has 2 fully saturated rings. The molecule has 4 rings (SSSR count). The zero-order valence-corrected chi connectivity index (χ0v) is 17.4. The lowest BCUT2D eigenvalue weighted by Crippen LogP contribution is -2.29. The third kappa shape index (κ3) is 5.25. The van der Waals surface area contributed by atoms with E-state index in [1.807, 2.05) is 30.3 Å². The molecular weight excluding hydrogens is 376 g/mol. The number of anilines is 1. The van der Waals surface area contributed by atoms with Crippen molar-refractivity contribution in [3.63, 3.8) is 0 Å². The fourth-order valence-electron chi connectivity index (χ4n) is 4.36. The highest BCUT2D eigenvalue weighted by Crippen LogP contribution is 2.24. The zero-order chi connectivity index (χ0) is 20.8. The molecule has 0 bridgehead atoms. The number of aromatic nitrogens is 1. The topological polar surface area (TPSA) is 65.5 Å². The number of benzene rings is 1. The molecule has 30 heavy (non-hydrogen) atoms. The molecule has 158 valence electrons. The summed E-state index contributed by atoms with van der Waals surface area (Å²) in [5, 5.41) is 3.11. The molecule has 2 aromatic rings. The van der Waals surface area contributed by atoms with Gasteiger partial charge in [-0.15, -0.1) is 0 Å². The van der Waals surface area contributed by atoms with E-state index >= 15 is 0 Å².